The predicted octanol–water partition coefficient (Wildman–Crippen LogP) is 5.61. The number of halogens is 3. The number of hydrogen-bond acceptors (Lipinski definition) is 3. The van der Waals surface area contributed by atoms with Gasteiger partial charge in [0.1, 0.15) is 11.8 Å². The summed E-state index contributed by atoms with van der Waals surface area (Å²) in [4.78, 5) is 27.5. The lowest BCUT2D eigenvalue weighted by Crippen LogP contribution is -2.50. The van der Waals surface area contributed by atoms with Crippen molar-refractivity contribution in [3.05, 3.63) is 63.1 Å². The fourth-order valence-electron chi connectivity index (χ4n) is 2.96. The van der Waals surface area contributed by atoms with Gasteiger partial charge in [0.15, 0.2) is 6.61 Å². The van der Waals surface area contributed by atoms with E-state index in [9.17, 15) is 9.59 Å². The Kier molecular flexibility index (Phi) is 9.94. The second-order valence-electron chi connectivity index (χ2n) is 7.57. The Morgan fingerprint density at radius 2 is 1.77 bits per heavy atom. The zero-order chi connectivity index (χ0) is 23.0. The molecule has 2 rings (SSSR count). The zero-order valence-electron chi connectivity index (χ0n) is 17.8. The second-order valence-corrected chi connectivity index (χ2v) is 8.85. The van der Waals surface area contributed by atoms with Crippen molar-refractivity contribution < 1.29 is 14.3 Å². The summed E-state index contributed by atoms with van der Waals surface area (Å²) in [6.07, 6.45) is 0.443. The highest BCUT2D eigenvalue weighted by Crippen LogP contribution is 2.24. The van der Waals surface area contributed by atoms with Gasteiger partial charge in [-0.25, -0.2) is 0 Å². The lowest BCUT2D eigenvalue weighted by atomic mass is 10.1. The molecule has 1 atom stereocenters. The second kappa shape index (κ2) is 12.2. The smallest absolute Gasteiger partial charge is 0.261 e. The Hall–Kier alpha value is -1.95. The molecule has 5 nitrogen and oxygen atoms in total. The number of ether oxygens (including phenoxy) is 1. The first-order valence-electron chi connectivity index (χ1n) is 10.1. The fourth-order valence-corrected chi connectivity index (χ4v) is 3.61. The highest BCUT2D eigenvalue weighted by Gasteiger charge is 2.29. The van der Waals surface area contributed by atoms with Gasteiger partial charge in [0.05, 0.1) is 0 Å². The molecule has 0 unspecified atom stereocenters. The average molecular weight is 486 g/mol. The minimum Gasteiger partial charge on any atom is -0.484 e. The third kappa shape index (κ3) is 7.91. The summed E-state index contributed by atoms with van der Waals surface area (Å²) in [5.74, 6) is 0.222. The molecule has 1 N–H and O–H groups in total. The topological polar surface area (TPSA) is 58.6 Å². The SMILES string of the molecule is CC[C@@H](C(=O)NCC(C)C)N(Cc1ccc(Cl)cc1Cl)C(=O)COc1cccc(Cl)c1. The molecular weight excluding hydrogens is 459 g/mol. The van der Waals surface area contributed by atoms with Crippen molar-refractivity contribution in [2.24, 2.45) is 5.92 Å². The maximum Gasteiger partial charge on any atom is 0.261 e. The van der Waals surface area contributed by atoms with E-state index in [1.165, 1.54) is 4.90 Å². The highest BCUT2D eigenvalue weighted by molar-refractivity contribution is 6.35. The molecule has 8 heteroatoms. The number of carbonyl (C=O) groups is 2. The Bertz CT molecular complexity index is 905. The van der Waals surface area contributed by atoms with E-state index in [0.29, 0.717) is 45.3 Å². The number of benzene rings is 2. The molecule has 0 saturated heterocycles. The summed E-state index contributed by atoms with van der Waals surface area (Å²) in [5, 5.41) is 4.35. The van der Waals surface area contributed by atoms with E-state index in [2.05, 4.69) is 5.32 Å². The third-order valence-electron chi connectivity index (χ3n) is 4.58. The number of nitrogens with zero attached hydrogens (tertiary/aromatic N) is 1. The molecule has 2 aromatic rings. The zero-order valence-corrected chi connectivity index (χ0v) is 20.1. The first kappa shape index (κ1) is 25.3. The van der Waals surface area contributed by atoms with Crippen molar-refractivity contribution in [3.63, 3.8) is 0 Å². The summed E-state index contributed by atoms with van der Waals surface area (Å²) < 4.78 is 5.63. The van der Waals surface area contributed by atoms with Crippen molar-refractivity contribution in [3.8, 4) is 5.75 Å². The molecule has 0 fully saturated rings. The molecule has 31 heavy (non-hydrogen) atoms. The van der Waals surface area contributed by atoms with Crippen LogP contribution in [-0.4, -0.2) is 35.9 Å². The van der Waals surface area contributed by atoms with Crippen molar-refractivity contribution in [2.75, 3.05) is 13.2 Å². The van der Waals surface area contributed by atoms with E-state index in [4.69, 9.17) is 39.5 Å². The minimum atomic E-state index is -0.666. The van der Waals surface area contributed by atoms with E-state index in [1.54, 1.807) is 42.5 Å². The normalized spacial score (nSPS) is 11.8. The van der Waals surface area contributed by atoms with Crippen LogP contribution < -0.4 is 10.1 Å². The molecule has 0 radical (unpaired) electrons. The molecule has 0 aromatic heterocycles. The van der Waals surface area contributed by atoms with E-state index in [0.717, 1.165) is 0 Å². The largest absolute Gasteiger partial charge is 0.484 e. The average Bonchev–Trinajstić information content (AvgIpc) is 2.72. The number of nitrogens with one attached hydrogen (secondary N) is 1. The molecule has 0 heterocycles. The van der Waals surface area contributed by atoms with E-state index < -0.39 is 6.04 Å². The lowest BCUT2D eigenvalue weighted by molar-refractivity contribution is -0.143. The van der Waals surface area contributed by atoms with Gasteiger partial charge in [-0.15, -0.1) is 0 Å². The molecule has 0 spiro atoms. The summed E-state index contributed by atoms with van der Waals surface area (Å²) in [6.45, 7) is 6.33. The summed E-state index contributed by atoms with van der Waals surface area (Å²) in [7, 11) is 0. The first-order valence-corrected chi connectivity index (χ1v) is 11.2. The van der Waals surface area contributed by atoms with Gasteiger partial charge in [0.2, 0.25) is 5.91 Å². The van der Waals surface area contributed by atoms with Crippen LogP contribution in [0.2, 0.25) is 15.1 Å². The molecule has 168 valence electrons. The lowest BCUT2D eigenvalue weighted by Gasteiger charge is -2.31. The molecule has 2 amide bonds. The van der Waals surface area contributed by atoms with Crippen LogP contribution in [0.3, 0.4) is 0 Å². The molecular formula is C23H27Cl3N2O3. The van der Waals surface area contributed by atoms with Crippen LogP contribution in [0, 0.1) is 5.92 Å². The van der Waals surface area contributed by atoms with Crippen molar-refractivity contribution in [1.29, 1.82) is 0 Å². The van der Waals surface area contributed by atoms with Crippen molar-refractivity contribution in [2.45, 2.75) is 39.8 Å². The van der Waals surface area contributed by atoms with Crippen LogP contribution in [-0.2, 0) is 16.1 Å². The molecule has 0 aliphatic heterocycles. The number of rotatable bonds is 10. The van der Waals surface area contributed by atoms with Gasteiger partial charge in [0.25, 0.3) is 5.91 Å². The Morgan fingerprint density at radius 3 is 2.39 bits per heavy atom. The Labute approximate surface area is 198 Å². The van der Waals surface area contributed by atoms with Crippen LogP contribution in [0.1, 0.15) is 32.8 Å². The van der Waals surface area contributed by atoms with E-state index in [-0.39, 0.29) is 25.0 Å². The van der Waals surface area contributed by atoms with E-state index in [1.807, 2.05) is 20.8 Å². The Morgan fingerprint density at radius 1 is 1.06 bits per heavy atom. The van der Waals surface area contributed by atoms with Crippen LogP contribution in [0.15, 0.2) is 42.5 Å². The van der Waals surface area contributed by atoms with E-state index >= 15 is 0 Å². The molecule has 2 aromatic carbocycles. The van der Waals surface area contributed by atoms with Crippen molar-refractivity contribution in [1.82, 2.24) is 10.2 Å². The third-order valence-corrected chi connectivity index (χ3v) is 5.41. The number of hydrogen-bond donors (Lipinski definition) is 1. The fraction of sp³-hybridized carbons (Fsp3) is 0.391. The quantitative estimate of drug-likeness (QED) is 0.476. The van der Waals surface area contributed by atoms with Gasteiger partial charge in [-0.3, -0.25) is 9.59 Å². The van der Waals surface area contributed by atoms with Gasteiger partial charge < -0.3 is 15.0 Å². The molecule has 0 saturated carbocycles. The summed E-state index contributed by atoms with van der Waals surface area (Å²) in [6, 6.07) is 11.2. The van der Waals surface area contributed by atoms with Crippen molar-refractivity contribution >= 4 is 46.6 Å². The van der Waals surface area contributed by atoms with Gasteiger partial charge >= 0.3 is 0 Å². The monoisotopic (exact) mass is 484 g/mol. The van der Waals surface area contributed by atoms with Crippen LogP contribution in [0.4, 0.5) is 0 Å². The highest BCUT2D eigenvalue weighted by atomic mass is 35.5. The van der Waals surface area contributed by atoms with Crippen LogP contribution in [0.5, 0.6) is 5.75 Å². The molecule has 0 aliphatic carbocycles. The van der Waals surface area contributed by atoms with Crippen LogP contribution >= 0.6 is 34.8 Å². The first-order chi connectivity index (χ1) is 14.7. The maximum atomic E-state index is 13.1. The summed E-state index contributed by atoms with van der Waals surface area (Å²) >= 11 is 18.3. The summed E-state index contributed by atoms with van der Waals surface area (Å²) in [5.41, 5.74) is 0.692. The van der Waals surface area contributed by atoms with Gasteiger partial charge in [0, 0.05) is 28.2 Å². The van der Waals surface area contributed by atoms with Gasteiger partial charge in [-0.1, -0.05) is 67.7 Å². The standard InChI is InChI=1S/C23H27Cl3N2O3/c1-4-21(23(30)27-12-15(2)3)28(13-16-8-9-18(25)11-20(16)26)22(29)14-31-19-7-5-6-17(24)10-19/h5-11,15,21H,4,12-14H2,1-3H3,(H,27,30)/t21-/m0/s1. The maximum absolute atomic E-state index is 13.1. The van der Waals surface area contributed by atoms with Gasteiger partial charge in [-0.05, 0) is 48.2 Å². The predicted molar refractivity (Wildman–Crippen MR) is 126 cm³/mol. The van der Waals surface area contributed by atoms with Crippen LogP contribution in [0.25, 0.3) is 0 Å². The molecule has 0 aliphatic rings. The number of carbonyl (C=O) groups excluding carboxylic acids is 2. The Balaban J connectivity index is 2.24. The minimum absolute atomic E-state index is 0.154. The molecule has 0 bridgehead atoms. The number of amides is 2. The van der Waals surface area contributed by atoms with Gasteiger partial charge in [-0.2, -0.15) is 0 Å².